The molecular formula is C19H19N5O. The molecule has 2 aromatic carbocycles. The van der Waals surface area contributed by atoms with Gasteiger partial charge in [-0.1, -0.05) is 42.5 Å². The number of nitrogens with two attached hydrogens (primary N) is 2. The van der Waals surface area contributed by atoms with E-state index >= 15 is 0 Å². The minimum absolute atomic E-state index is 0.466. The van der Waals surface area contributed by atoms with Gasteiger partial charge in [0.25, 0.3) is 0 Å². The summed E-state index contributed by atoms with van der Waals surface area (Å²) in [4.78, 5) is 0. The van der Waals surface area contributed by atoms with Gasteiger partial charge in [0.05, 0.1) is 23.6 Å². The van der Waals surface area contributed by atoms with Crippen LogP contribution in [0.15, 0.2) is 60.8 Å². The van der Waals surface area contributed by atoms with Crippen LogP contribution in [0.5, 0.6) is 5.75 Å². The van der Waals surface area contributed by atoms with Crippen LogP contribution in [-0.4, -0.2) is 9.78 Å². The van der Waals surface area contributed by atoms with Gasteiger partial charge in [-0.2, -0.15) is 5.10 Å². The summed E-state index contributed by atoms with van der Waals surface area (Å²) < 4.78 is 8.00. The van der Waals surface area contributed by atoms with Gasteiger partial charge in [0, 0.05) is 22.9 Å². The highest BCUT2D eigenvalue weighted by Gasteiger charge is 2.17. The molecule has 0 spiro atoms. The van der Waals surface area contributed by atoms with Crippen LogP contribution in [0.2, 0.25) is 0 Å². The molecule has 0 bridgehead atoms. The number of hydrogen-bond acceptors (Lipinski definition) is 5. The van der Waals surface area contributed by atoms with Gasteiger partial charge in [0.1, 0.15) is 12.4 Å². The van der Waals surface area contributed by atoms with Crippen molar-refractivity contribution in [3.63, 3.8) is 0 Å². The highest BCUT2D eigenvalue weighted by molar-refractivity contribution is 5.65. The summed E-state index contributed by atoms with van der Waals surface area (Å²) in [7, 11) is 0. The van der Waals surface area contributed by atoms with Crippen LogP contribution in [0, 0.1) is 0 Å². The van der Waals surface area contributed by atoms with Gasteiger partial charge >= 0.3 is 0 Å². The van der Waals surface area contributed by atoms with Crippen LogP contribution in [0.3, 0.4) is 0 Å². The molecule has 0 atom stereocenters. The van der Waals surface area contributed by atoms with Crippen LogP contribution < -0.4 is 21.7 Å². The van der Waals surface area contributed by atoms with E-state index in [9.17, 15) is 0 Å². The Morgan fingerprint density at radius 2 is 2.00 bits per heavy atom. The molecule has 3 aromatic rings. The van der Waals surface area contributed by atoms with Crippen molar-refractivity contribution in [3.8, 4) is 17.0 Å². The first-order chi connectivity index (χ1) is 12.3. The Hall–Kier alpha value is -3.25. The molecule has 0 unspecified atom stereocenters. The minimum atomic E-state index is 0.466. The fourth-order valence-electron chi connectivity index (χ4n) is 2.99. The molecule has 126 valence electrons. The molecule has 25 heavy (non-hydrogen) atoms. The smallest absolute Gasteiger partial charge is 0.130 e. The van der Waals surface area contributed by atoms with Crippen molar-refractivity contribution in [1.82, 2.24) is 15.2 Å². The first-order valence-electron chi connectivity index (χ1n) is 8.05. The highest BCUT2D eigenvalue weighted by atomic mass is 16.5. The second kappa shape index (κ2) is 6.33. The lowest BCUT2D eigenvalue weighted by atomic mass is 10.1. The van der Waals surface area contributed by atoms with Gasteiger partial charge in [-0.05, 0) is 12.1 Å². The second-order valence-electron chi connectivity index (χ2n) is 5.88. The number of benzene rings is 2. The Balaban J connectivity index is 1.67. The quantitative estimate of drug-likeness (QED) is 0.505. The SMILES string of the molecule is N/C=C(\NN)c1ccc2c(c1)OCc1cc(-c3ccccc3)nn1C2. The van der Waals surface area contributed by atoms with Gasteiger partial charge in [0.2, 0.25) is 0 Å². The predicted octanol–water partition coefficient (Wildman–Crippen LogP) is 2.21. The van der Waals surface area contributed by atoms with Crippen LogP contribution >= 0.6 is 0 Å². The van der Waals surface area contributed by atoms with Gasteiger partial charge in [-0.15, -0.1) is 0 Å². The molecule has 6 nitrogen and oxygen atoms in total. The zero-order valence-corrected chi connectivity index (χ0v) is 13.6. The van der Waals surface area contributed by atoms with Crippen molar-refractivity contribution in [2.45, 2.75) is 13.2 Å². The molecule has 0 fully saturated rings. The van der Waals surface area contributed by atoms with E-state index in [-0.39, 0.29) is 0 Å². The van der Waals surface area contributed by atoms with Gasteiger partial charge in [0.15, 0.2) is 0 Å². The molecule has 0 radical (unpaired) electrons. The van der Waals surface area contributed by atoms with Crippen LogP contribution in [0.25, 0.3) is 17.0 Å². The van der Waals surface area contributed by atoms with E-state index in [0.29, 0.717) is 18.8 Å². The van der Waals surface area contributed by atoms with Crippen molar-refractivity contribution in [3.05, 3.63) is 77.6 Å². The summed E-state index contributed by atoms with van der Waals surface area (Å²) >= 11 is 0. The number of hydrogen-bond donors (Lipinski definition) is 3. The van der Waals surface area contributed by atoms with Crippen LogP contribution in [-0.2, 0) is 13.2 Å². The minimum Gasteiger partial charge on any atom is -0.487 e. The molecule has 0 aliphatic carbocycles. The maximum atomic E-state index is 6.01. The Kier molecular flexibility index (Phi) is 3.87. The van der Waals surface area contributed by atoms with E-state index < -0.39 is 0 Å². The summed E-state index contributed by atoms with van der Waals surface area (Å²) in [6, 6.07) is 18.2. The number of nitrogens with zero attached hydrogens (tertiary/aromatic N) is 2. The Morgan fingerprint density at radius 3 is 2.76 bits per heavy atom. The third kappa shape index (κ3) is 2.83. The molecule has 0 amide bonds. The van der Waals surface area contributed by atoms with E-state index in [0.717, 1.165) is 33.8 Å². The van der Waals surface area contributed by atoms with Crippen LogP contribution in [0.4, 0.5) is 0 Å². The first-order valence-corrected chi connectivity index (χ1v) is 8.05. The summed E-state index contributed by atoms with van der Waals surface area (Å²) in [6.45, 7) is 1.13. The van der Waals surface area contributed by atoms with E-state index in [1.54, 1.807) is 0 Å². The molecule has 4 rings (SSSR count). The fraction of sp³-hybridized carbons (Fsp3) is 0.105. The lowest BCUT2D eigenvalue weighted by Crippen LogP contribution is -2.21. The van der Waals surface area contributed by atoms with E-state index in [1.165, 1.54) is 6.20 Å². The zero-order valence-electron chi connectivity index (χ0n) is 13.6. The largest absolute Gasteiger partial charge is 0.487 e. The number of nitrogens with one attached hydrogen (secondary N) is 1. The van der Waals surface area contributed by atoms with Crippen molar-refractivity contribution >= 4 is 5.70 Å². The molecule has 0 saturated carbocycles. The molecule has 1 aliphatic rings. The number of rotatable bonds is 3. The van der Waals surface area contributed by atoms with Crippen molar-refractivity contribution in [2.75, 3.05) is 0 Å². The number of ether oxygens (including phenoxy) is 1. The van der Waals surface area contributed by atoms with E-state index in [2.05, 4.69) is 23.6 Å². The zero-order chi connectivity index (χ0) is 17.2. The molecule has 1 aliphatic heterocycles. The van der Waals surface area contributed by atoms with Gasteiger partial charge in [-0.3, -0.25) is 10.5 Å². The number of fused-ring (bicyclic) bond motifs is 2. The maximum Gasteiger partial charge on any atom is 0.130 e. The topological polar surface area (TPSA) is 91.1 Å². The first kappa shape index (κ1) is 15.3. The molecule has 0 saturated heterocycles. The summed E-state index contributed by atoms with van der Waals surface area (Å²) in [6.07, 6.45) is 1.44. The van der Waals surface area contributed by atoms with Crippen molar-refractivity contribution in [1.29, 1.82) is 0 Å². The van der Waals surface area contributed by atoms with Crippen molar-refractivity contribution < 1.29 is 4.74 Å². The third-order valence-electron chi connectivity index (χ3n) is 4.33. The summed E-state index contributed by atoms with van der Waals surface area (Å²) in [5.41, 5.74) is 13.9. The predicted molar refractivity (Wildman–Crippen MR) is 97.0 cm³/mol. The summed E-state index contributed by atoms with van der Waals surface area (Å²) in [5.74, 6) is 6.31. The Morgan fingerprint density at radius 1 is 1.16 bits per heavy atom. The lowest BCUT2D eigenvalue weighted by Gasteiger charge is -2.11. The second-order valence-corrected chi connectivity index (χ2v) is 5.88. The fourth-order valence-corrected chi connectivity index (χ4v) is 2.99. The number of aromatic nitrogens is 2. The normalized spacial score (nSPS) is 13.4. The third-order valence-corrected chi connectivity index (χ3v) is 4.33. The number of hydrazine groups is 1. The van der Waals surface area contributed by atoms with E-state index in [1.807, 2.05) is 41.1 Å². The maximum absolute atomic E-state index is 6.01. The van der Waals surface area contributed by atoms with Gasteiger partial charge in [-0.25, -0.2) is 0 Å². The molecule has 5 N–H and O–H groups in total. The van der Waals surface area contributed by atoms with Crippen LogP contribution in [0.1, 0.15) is 16.8 Å². The van der Waals surface area contributed by atoms with Crippen molar-refractivity contribution in [2.24, 2.45) is 11.6 Å². The molecule has 2 heterocycles. The van der Waals surface area contributed by atoms with Gasteiger partial charge < -0.3 is 15.9 Å². The molecular weight excluding hydrogens is 314 g/mol. The average Bonchev–Trinajstić information content (AvgIpc) is 2.98. The Bertz CT molecular complexity index is 930. The lowest BCUT2D eigenvalue weighted by molar-refractivity contribution is 0.301. The monoisotopic (exact) mass is 333 g/mol. The molecule has 1 aromatic heterocycles. The Labute approximate surface area is 145 Å². The summed E-state index contributed by atoms with van der Waals surface area (Å²) in [5, 5.41) is 4.74. The standard InChI is InChI=1S/C19H19N5O/c20-10-18(22-21)14-6-7-15-11-24-16(12-25-19(15)8-14)9-17(23-24)13-4-2-1-3-5-13/h1-10,22H,11-12,20-21H2/b18-10-. The molecule has 6 heteroatoms. The average molecular weight is 333 g/mol. The highest BCUT2D eigenvalue weighted by Crippen LogP contribution is 2.29. The van der Waals surface area contributed by atoms with E-state index in [4.69, 9.17) is 21.4 Å².